The number of carbonyl (C=O) groups is 1. The summed E-state index contributed by atoms with van der Waals surface area (Å²) in [6, 6.07) is 10.2. The minimum absolute atomic E-state index is 0.265. The molecule has 0 aliphatic rings. The van der Waals surface area contributed by atoms with Crippen LogP contribution in [0.1, 0.15) is 6.92 Å². The Morgan fingerprint density at radius 3 is 2.56 bits per heavy atom. The highest BCUT2D eigenvalue weighted by Gasteiger charge is 2.22. The van der Waals surface area contributed by atoms with Crippen molar-refractivity contribution < 1.29 is 13.6 Å². The molecule has 0 fully saturated rings. The number of carbonyl (C=O) groups excluding carboxylic acids is 1. The first-order valence-electron chi connectivity index (χ1n) is 7.74. The van der Waals surface area contributed by atoms with E-state index in [4.69, 9.17) is 17.4 Å². The quantitative estimate of drug-likeness (QED) is 0.495. The van der Waals surface area contributed by atoms with Gasteiger partial charge in [0.1, 0.15) is 17.3 Å². The van der Waals surface area contributed by atoms with Crippen LogP contribution in [0.5, 0.6) is 0 Å². The van der Waals surface area contributed by atoms with Crippen LogP contribution in [-0.4, -0.2) is 26.0 Å². The number of benzene rings is 2. The number of hydrogen-bond donors (Lipinski definition) is 2. The third-order valence-corrected chi connectivity index (χ3v) is 4.90. The zero-order chi connectivity index (χ0) is 19.6. The molecule has 3 N–H and O–H groups in total. The number of anilines is 1. The van der Waals surface area contributed by atoms with Crippen molar-refractivity contribution in [2.75, 3.05) is 11.2 Å². The summed E-state index contributed by atoms with van der Waals surface area (Å²) in [5, 5.41) is 10.3. The average molecular weight is 410 g/mol. The van der Waals surface area contributed by atoms with Gasteiger partial charge in [-0.3, -0.25) is 4.79 Å². The lowest BCUT2D eigenvalue weighted by Gasteiger charge is -2.12. The SMILES string of the molecule is C[C@H](Sc1nnc(-c2cccc(Cl)c2)n1N)C(=O)Nc1c(F)cccc1F. The van der Waals surface area contributed by atoms with Crippen LogP contribution in [0.15, 0.2) is 47.6 Å². The van der Waals surface area contributed by atoms with Gasteiger partial charge in [-0.2, -0.15) is 0 Å². The molecular formula is C17H14ClF2N5OS. The van der Waals surface area contributed by atoms with Crippen LogP contribution in [0.4, 0.5) is 14.5 Å². The summed E-state index contributed by atoms with van der Waals surface area (Å²) in [4.78, 5) is 12.3. The molecule has 0 aliphatic heterocycles. The first kappa shape index (κ1) is 19.1. The Labute approximate surface area is 162 Å². The van der Waals surface area contributed by atoms with Crippen molar-refractivity contribution in [1.82, 2.24) is 14.9 Å². The predicted octanol–water partition coefficient (Wildman–Crippen LogP) is 3.71. The number of thioether (sulfide) groups is 1. The van der Waals surface area contributed by atoms with E-state index in [9.17, 15) is 13.6 Å². The topological polar surface area (TPSA) is 85.8 Å². The van der Waals surface area contributed by atoms with Gasteiger partial charge >= 0.3 is 0 Å². The summed E-state index contributed by atoms with van der Waals surface area (Å²) in [5.41, 5.74) is 0.165. The molecule has 6 nitrogen and oxygen atoms in total. The van der Waals surface area contributed by atoms with Crippen LogP contribution in [-0.2, 0) is 4.79 Å². The summed E-state index contributed by atoms with van der Waals surface area (Å²) in [7, 11) is 0. The van der Waals surface area contributed by atoms with E-state index in [1.54, 1.807) is 31.2 Å². The number of aromatic nitrogens is 3. The molecule has 0 bridgehead atoms. The third-order valence-electron chi connectivity index (χ3n) is 3.61. The van der Waals surface area contributed by atoms with Crippen LogP contribution >= 0.6 is 23.4 Å². The summed E-state index contributed by atoms with van der Waals surface area (Å²) in [5.74, 6) is 4.07. The molecule has 0 aliphatic carbocycles. The Morgan fingerprint density at radius 2 is 1.89 bits per heavy atom. The highest BCUT2D eigenvalue weighted by Crippen LogP contribution is 2.27. The van der Waals surface area contributed by atoms with E-state index in [2.05, 4.69) is 15.5 Å². The fourth-order valence-electron chi connectivity index (χ4n) is 2.24. The molecule has 2 aromatic carbocycles. The summed E-state index contributed by atoms with van der Waals surface area (Å²) < 4.78 is 28.6. The van der Waals surface area contributed by atoms with Crippen molar-refractivity contribution in [1.29, 1.82) is 0 Å². The van der Waals surface area contributed by atoms with Gasteiger partial charge in [-0.05, 0) is 31.2 Å². The van der Waals surface area contributed by atoms with Crippen molar-refractivity contribution in [3.63, 3.8) is 0 Å². The van der Waals surface area contributed by atoms with Crippen molar-refractivity contribution in [2.45, 2.75) is 17.3 Å². The molecule has 1 heterocycles. The zero-order valence-corrected chi connectivity index (χ0v) is 15.6. The van der Waals surface area contributed by atoms with Gasteiger partial charge in [-0.1, -0.05) is 41.6 Å². The fraction of sp³-hybridized carbons (Fsp3) is 0.118. The molecule has 140 valence electrons. The van der Waals surface area contributed by atoms with Crippen molar-refractivity contribution in [3.8, 4) is 11.4 Å². The van der Waals surface area contributed by atoms with Gasteiger partial charge in [-0.15, -0.1) is 10.2 Å². The molecular weight excluding hydrogens is 396 g/mol. The number of nitrogens with two attached hydrogens (primary N) is 1. The first-order chi connectivity index (χ1) is 12.9. The lowest BCUT2D eigenvalue weighted by atomic mass is 10.2. The van der Waals surface area contributed by atoms with E-state index < -0.39 is 28.5 Å². The number of rotatable bonds is 5. The van der Waals surface area contributed by atoms with E-state index in [0.717, 1.165) is 23.9 Å². The van der Waals surface area contributed by atoms with Crippen LogP contribution in [0.3, 0.4) is 0 Å². The van der Waals surface area contributed by atoms with Crippen molar-refractivity contribution in [3.05, 3.63) is 59.1 Å². The van der Waals surface area contributed by atoms with E-state index in [-0.39, 0.29) is 5.16 Å². The zero-order valence-electron chi connectivity index (χ0n) is 14.0. The van der Waals surface area contributed by atoms with E-state index in [1.807, 2.05) is 0 Å². The second-order valence-corrected chi connectivity index (χ2v) is 7.28. The van der Waals surface area contributed by atoms with Crippen molar-refractivity contribution in [2.24, 2.45) is 0 Å². The van der Waals surface area contributed by atoms with Gasteiger partial charge in [0.25, 0.3) is 0 Å². The molecule has 0 saturated carbocycles. The molecule has 1 atom stereocenters. The van der Waals surface area contributed by atoms with Crippen LogP contribution in [0.25, 0.3) is 11.4 Å². The number of nitrogen functional groups attached to an aromatic ring is 1. The molecule has 3 aromatic rings. The maximum absolute atomic E-state index is 13.7. The summed E-state index contributed by atoms with van der Waals surface area (Å²) in [6.07, 6.45) is 0. The first-order valence-corrected chi connectivity index (χ1v) is 9.00. The molecule has 3 rings (SSSR count). The van der Waals surface area contributed by atoms with Gasteiger partial charge in [-0.25, -0.2) is 13.5 Å². The molecule has 0 radical (unpaired) electrons. The van der Waals surface area contributed by atoms with Crippen molar-refractivity contribution >= 4 is 35.0 Å². The number of amides is 1. The van der Waals surface area contributed by atoms with Crippen LogP contribution in [0.2, 0.25) is 5.02 Å². The summed E-state index contributed by atoms with van der Waals surface area (Å²) >= 11 is 6.97. The van der Waals surface area contributed by atoms with Gasteiger partial charge in [0, 0.05) is 10.6 Å². The number of nitrogens with one attached hydrogen (secondary N) is 1. The lowest BCUT2D eigenvalue weighted by Crippen LogP contribution is -2.24. The molecule has 1 amide bonds. The minimum Gasteiger partial charge on any atom is -0.335 e. The molecule has 0 saturated heterocycles. The second kappa shape index (κ2) is 7.93. The molecule has 10 heteroatoms. The highest BCUT2D eigenvalue weighted by atomic mass is 35.5. The van der Waals surface area contributed by atoms with Gasteiger partial charge in [0.15, 0.2) is 5.82 Å². The smallest absolute Gasteiger partial charge is 0.237 e. The average Bonchev–Trinajstić information content (AvgIpc) is 2.98. The normalized spacial score (nSPS) is 12.0. The summed E-state index contributed by atoms with van der Waals surface area (Å²) in [6.45, 7) is 1.56. The Kier molecular flexibility index (Phi) is 5.62. The maximum Gasteiger partial charge on any atom is 0.237 e. The molecule has 1 aromatic heterocycles. The Bertz CT molecular complexity index is 977. The number of halogens is 3. The van der Waals surface area contributed by atoms with Gasteiger partial charge < -0.3 is 11.2 Å². The standard InChI is InChI=1S/C17H14ClF2N5OS/c1-9(16(26)22-14-12(19)6-3-7-13(14)20)27-17-24-23-15(25(17)21)10-4-2-5-11(18)8-10/h2-9H,21H2,1H3,(H,22,26)/t9-/m0/s1. The maximum atomic E-state index is 13.7. The van der Waals surface area contributed by atoms with Crippen LogP contribution < -0.4 is 11.2 Å². The number of nitrogens with zero attached hydrogens (tertiary/aromatic N) is 3. The molecule has 27 heavy (non-hydrogen) atoms. The van der Waals surface area contributed by atoms with E-state index >= 15 is 0 Å². The predicted molar refractivity (Wildman–Crippen MR) is 101 cm³/mol. The van der Waals surface area contributed by atoms with Crippen LogP contribution in [0, 0.1) is 11.6 Å². The van der Waals surface area contributed by atoms with Gasteiger partial charge in [0.05, 0.1) is 5.25 Å². The fourth-order valence-corrected chi connectivity index (χ4v) is 3.20. The Balaban J connectivity index is 1.75. The monoisotopic (exact) mass is 409 g/mol. The second-order valence-electron chi connectivity index (χ2n) is 5.53. The number of para-hydroxylation sites is 1. The minimum atomic E-state index is -0.856. The molecule has 0 unspecified atom stereocenters. The van der Waals surface area contributed by atoms with E-state index in [0.29, 0.717) is 16.4 Å². The lowest BCUT2D eigenvalue weighted by molar-refractivity contribution is -0.115. The Morgan fingerprint density at radius 1 is 1.22 bits per heavy atom. The third kappa shape index (κ3) is 4.20. The molecule has 0 spiro atoms. The van der Waals surface area contributed by atoms with E-state index in [1.165, 1.54) is 10.7 Å². The highest BCUT2D eigenvalue weighted by molar-refractivity contribution is 8.00. The van der Waals surface area contributed by atoms with Gasteiger partial charge in [0.2, 0.25) is 11.1 Å². The Hall–Kier alpha value is -2.65. The largest absolute Gasteiger partial charge is 0.335 e. The number of hydrogen-bond acceptors (Lipinski definition) is 5.